The molecule has 1 amide bonds. The lowest BCUT2D eigenvalue weighted by atomic mass is 10.1. The summed E-state index contributed by atoms with van der Waals surface area (Å²) >= 11 is 0. The summed E-state index contributed by atoms with van der Waals surface area (Å²) in [7, 11) is 1.30. The van der Waals surface area contributed by atoms with Gasteiger partial charge in [0.05, 0.1) is 12.8 Å². The lowest BCUT2D eigenvalue weighted by molar-refractivity contribution is 0.0593. The maximum absolute atomic E-state index is 11.4. The third-order valence-corrected chi connectivity index (χ3v) is 3.17. The van der Waals surface area contributed by atoms with E-state index in [2.05, 4.69) is 25.2 Å². The van der Waals surface area contributed by atoms with Crippen molar-refractivity contribution in [1.82, 2.24) is 25.2 Å². The fourth-order valence-corrected chi connectivity index (χ4v) is 2.06. The highest BCUT2D eigenvalue weighted by Crippen LogP contribution is 2.21. The summed E-state index contributed by atoms with van der Waals surface area (Å²) < 4.78 is 6.15. The Kier molecular flexibility index (Phi) is 3.59. The van der Waals surface area contributed by atoms with E-state index < -0.39 is 11.9 Å². The predicted octanol–water partition coefficient (Wildman–Crippen LogP) is 0.543. The molecule has 0 aliphatic rings. The highest BCUT2D eigenvalue weighted by atomic mass is 16.5. The van der Waals surface area contributed by atoms with E-state index in [1.165, 1.54) is 11.8 Å². The Morgan fingerprint density at radius 2 is 1.91 bits per heavy atom. The molecule has 0 aliphatic heterocycles. The van der Waals surface area contributed by atoms with Crippen LogP contribution in [0.15, 0.2) is 36.5 Å². The van der Waals surface area contributed by atoms with E-state index in [-0.39, 0.29) is 11.4 Å². The van der Waals surface area contributed by atoms with Gasteiger partial charge in [-0.1, -0.05) is 12.1 Å². The molecule has 0 spiro atoms. The van der Waals surface area contributed by atoms with Gasteiger partial charge in [0.1, 0.15) is 5.69 Å². The van der Waals surface area contributed by atoms with E-state index in [9.17, 15) is 9.59 Å². The van der Waals surface area contributed by atoms with Crippen LogP contribution in [0.3, 0.4) is 0 Å². The number of hydrogen-bond donors (Lipinski definition) is 2. The van der Waals surface area contributed by atoms with Crippen LogP contribution in [0.25, 0.3) is 16.9 Å². The van der Waals surface area contributed by atoms with E-state index >= 15 is 0 Å². The Morgan fingerprint density at radius 1 is 1.17 bits per heavy atom. The Morgan fingerprint density at radius 3 is 2.57 bits per heavy atom. The second-order valence-electron chi connectivity index (χ2n) is 4.57. The molecule has 1 aromatic carbocycles. The Labute approximate surface area is 130 Å². The average molecular weight is 312 g/mol. The van der Waals surface area contributed by atoms with Gasteiger partial charge in [0, 0.05) is 11.8 Å². The zero-order chi connectivity index (χ0) is 16.4. The summed E-state index contributed by atoms with van der Waals surface area (Å²) in [6.45, 7) is 0. The standard InChI is InChI=1S/C14H12N6O3/c1-23-14(22)10-6-7-20(18-10)9-4-2-8(3-5-9)11-12(13(15)21)17-19-16-11/h2-7H,1H3,(H2,15,21)(H,16,17,19). The molecule has 2 aromatic heterocycles. The SMILES string of the molecule is COC(=O)c1ccn(-c2ccc(-c3n[nH]nc3C(N)=O)cc2)n1. The van der Waals surface area contributed by atoms with Crippen LogP contribution in [0.2, 0.25) is 0 Å². The number of benzene rings is 1. The van der Waals surface area contributed by atoms with Gasteiger partial charge >= 0.3 is 5.97 Å². The first-order valence-corrected chi connectivity index (χ1v) is 6.55. The molecule has 0 radical (unpaired) electrons. The van der Waals surface area contributed by atoms with Gasteiger partial charge in [-0.15, -0.1) is 0 Å². The number of rotatable bonds is 4. The number of nitrogens with two attached hydrogens (primary N) is 1. The van der Waals surface area contributed by atoms with Crippen molar-refractivity contribution < 1.29 is 14.3 Å². The molecule has 0 bridgehead atoms. The number of methoxy groups -OCH3 is 1. The van der Waals surface area contributed by atoms with Crippen molar-refractivity contribution in [3.05, 3.63) is 47.9 Å². The summed E-state index contributed by atoms with van der Waals surface area (Å²) in [6, 6.07) is 8.59. The number of primary amides is 1. The molecule has 3 aromatic rings. The maximum Gasteiger partial charge on any atom is 0.358 e. The third-order valence-electron chi connectivity index (χ3n) is 3.17. The molecule has 0 unspecified atom stereocenters. The number of amides is 1. The van der Waals surface area contributed by atoms with Gasteiger partial charge in [0.15, 0.2) is 11.4 Å². The molecule has 0 fully saturated rings. The Balaban J connectivity index is 1.90. The molecule has 23 heavy (non-hydrogen) atoms. The van der Waals surface area contributed by atoms with Crippen LogP contribution >= 0.6 is 0 Å². The average Bonchev–Trinajstić information content (AvgIpc) is 3.23. The van der Waals surface area contributed by atoms with Gasteiger partial charge in [0.25, 0.3) is 5.91 Å². The minimum atomic E-state index is -0.660. The second-order valence-corrected chi connectivity index (χ2v) is 4.57. The van der Waals surface area contributed by atoms with Crippen molar-refractivity contribution in [1.29, 1.82) is 0 Å². The predicted molar refractivity (Wildman–Crippen MR) is 78.8 cm³/mol. The highest BCUT2D eigenvalue weighted by molar-refractivity contribution is 5.96. The van der Waals surface area contributed by atoms with Gasteiger partial charge in [-0.3, -0.25) is 4.79 Å². The van der Waals surface area contributed by atoms with Crippen LogP contribution in [-0.4, -0.2) is 44.2 Å². The van der Waals surface area contributed by atoms with Crippen molar-refractivity contribution >= 4 is 11.9 Å². The van der Waals surface area contributed by atoms with E-state index in [0.717, 1.165) is 5.69 Å². The Bertz CT molecular complexity index is 865. The largest absolute Gasteiger partial charge is 0.464 e. The van der Waals surface area contributed by atoms with Crippen LogP contribution in [0.4, 0.5) is 0 Å². The smallest absolute Gasteiger partial charge is 0.358 e. The van der Waals surface area contributed by atoms with Crippen LogP contribution in [0, 0.1) is 0 Å². The molecule has 3 rings (SSSR count). The third kappa shape index (κ3) is 2.67. The van der Waals surface area contributed by atoms with Gasteiger partial charge in [-0.2, -0.15) is 20.5 Å². The van der Waals surface area contributed by atoms with Gasteiger partial charge in [-0.25, -0.2) is 9.48 Å². The lowest BCUT2D eigenvalue weighted by Crippen LogP contribution is -2.12. The second kappa shape index (κ2) is 5.72. The molecule has 3 N–H and O–H groups in total. The summed E-state index contributed by atoms with van der Waals surface area (Å²) in [5.41, 5.74) is 7.31. The normalized spacial score (nSPS) is 10.5. The summed E-state index contributed by atoms with van der Waals surface area (Å²) in [6.07, 6.45) is 1.65. The van der Waals surface area contributed by atoms with Crippen LogP contribution in [-0.2, 0) is 4.74 Å². The first-order valence-electron chi connectivity index (χ1n) is 6.55. The summed E-state index contributed by atoms with van der Waals surface area (Å²) in [5.74, 6) is -1.17. The first kappa shape index (κ1) is 14.4. The van der Waals surface area contributed by atoms with Gasteiger partial charge in [0.2, 0.25) is 0 Å². The fraction of sp³-hybridized carbons (Fsp3) is 0.0714. The molecule has 9 nitrogen and oxygen atoms in total. The number of aromatic amines is 1. The topological polar surface area (TPSA) is 129 Å². The van der Waals surface area contributed by atoms with Crippen LogP contribution < -0.4 is 5.73 Å². The van der Waals surface area contributed by atoms with Crippen LogP contribution in [0.1, 0.15) is 21.0 Å². The molecule has 0 aliphatic carbocycles. The molecule has 2 heterocycles. The number of aromatic nitrogens is 5. The molecular formula is C14H12N6O3. The van der Waals surface area contributed by atoms with E-state index in [1.54, 1.807) is 36.5 Å². The van der Waals surface area contributed by atoms with Gasteiger partial charge in [-0.05, 0) is 18.2 Å². The molecule has 9 heteroatoms. The number of esters is 1. The lowest BCUT2D eigenvalue weighted by Gasteiger charge is -2.03. The number of carbonyl (C=O) groups excluding carboxylic acids is 2. The maximum atomic E-state index is 11.4. The van der Waals surface area contributed by atoms with Crippen LogP contribution in [0.5, 0.6) is 0 Å². The van der Waals surface area contributed by atoms with Crippen molar-refractivity contribution in [2.45, 2.75) is 0 Å². The van der Waals surface area contributed by atoms with E-state index in [0.29, 0.717) is 11.3 Å². The fourth-order valence-electron chi connectivity index (χ4n) is 2.06. The number of nitrogens with zero attached hydrogens (tertiary/aromatic N) is 4. The highest BCUT2D eigenvalue weighted by Gasteiger charge is 2.15. The van der Waals surface area contributed by atoms with Gasteiger partial charge < -0.3 is 10.5 Å². The number of H-pyrrole nitrogens is 1. The number of ether oxygens (including phenoxy) is 1. The molecule has 0 saturated heterocycles. The molecule has 0 saturated carbocycles. The molecule has 0 atom stereocenters. The number of nitrogens with one attached hydrogen (secondary N) is 1. The first-order chi connectivity index (χ1) is 11.1. The number of hydrogen-bond acceptors (Lipinski definition) is 6. The zero-order valence-electron chi connectivity index (χ0n) is 12.1. The number of carbonyl (C=O) groups is 2. The monoisotopic (exact) mass is 312 g/mol. The summed E-state index contributed by atoms with van der Waals surface area (Å²) in [5, 5.41) is 14.2. The van der Waals surface area contributed by atoms with E-state index in [4.69, 9.17) is 5.73 Å². The quantitative estimate of drug-likeness (QED) is 0.677. The van der Waals surface area contributed by atoms with E-state index in [1.807, 2.05) is 0 Å². The van der Waals surface area contributed by atoms with Crippen molar-refractivity contribution in [2.24, 2.45) is 5.73 Å². The molecular weight excluding hydrogens is 300 g/mol. The van der Waals surface area contributed by atoms with Crippen molar-refractivity contribution in [3.8, 4) is 16.9 Å². The minimum absolute atomic E-state index is 0.0739. The zero-order valence-corrected chi connectivity index (χ0v) is 12.1. The summed E-state index contributed by atoms with van der Waals surface area (Å²) in [4.78, 5) is 22.7. The Hall–Kier alpha value is -3.49. The van der Waals surface area contributed by atoms with Crippen molar-refractivity contribution in [2.75, 3.05) is 7.11 Å². The van der Waals surface area contributed by atoms with Crippen molar-refractivity contribution in [3.63, 3.8) is 0 Å². The molecule has 116 valence electrons. The minimum Gasteiger partial charge on any atom is -0.464 e.